The van der Waals surface area contributed by atoms with Crippen LogP contribution in [0.2, 0.25) is 0 Å². The molecule has 3 aromatic heterocycles. The van der Waals surface area contributed by atoms with Gasteiger partial charge in [0.15, 0.2) is 10.7 Å². The van der Waals surface area contributed by atoms with Gasteiger partial charge in [-0.05, 0) is 30.3 Å². The lowest BCUT2D eigenvalue weighted by Crippen LogP contribution is -2.48. The number of rotatable bonds is 5. The van der Waals surface area contributed by atoms with Crippen molar-refractivity contribution in [2.45, 2.75) is 6.54 Å². The molecule has 0 spiro atoms. The highest BCUT2D eigenvalue weighted by atomic mass is 32.1. The molecule has 1 aliphatic rings. The Kier molecular flexibility index (Phi) is 5.46. The molecule has 1 aliphatic heterocycles. The Morgan fingerprint density at radius 2 is 1.88 bits per heavy atom. The molecular weight excluding hydrogens is 428 g/mol. The number of thiazole rings is 1. The Labute approximate surface area is 188 Å². The molecule has 0 N–H and O–H groups in total. The van der Waals surface area contributed by atoms with Crippen LogP contribution in [-0.2, 0) is 6.54 Å². The van der Waals surface area contributed by atoms with Gasteiger partial charge in [-0.2, -0.15) is 5.10 Å². The van der Waals surface area contributed by atoms with Crippen LogP contribution in [0.4, 0.5) is 0 Å². The number of hydrogen-bond donors (Lipinski definition) is 0. The van der Waals surface area contributed by atoms with Crippen molar-refractivity contribution in [1.82, 2.24) is 29.0 Å². The summed E-state index contributed by atoms with van der Waals surface area (Å²) in [6, 6.07) is 10.8. The number of piperazine rings is 1. The molecule has 1 aromatic carbocycles. The molecule has 0 bridgehead atoms. The van der Waals surface area contributed by atoms with Gasteiger partial charge in [-0.3, -0.25) is 18.9 Å². The van der Waals surface area contributed by atoms with E-state index in [1.807, 2.05) is 34.5 Å². The molecule has 1 fully saturated rings. The van der Waals surface area contributed by atoms with Gasteiger partial charge in [0.1, 0.15) is 5.75 Å². The fourth-order valence-electron chi connectivity index (χ4n) is 3.79. The van der Waals surface area contributed by atoms with Crippen molar-refractivity contribution >= 4 is 22.2 Å². The number of methoxy groups -OCH3 is 1. The van der Waals surface area contributed by atoms with Gasteiger partial charge in [0.2, 0.25) is 0 Å². The van der Waals surface area contributed by atoms with Crippen molar-refractivity contribution in [2.75, 3.05) is 33.3 Å². The van der Waals surface area contributed by atoms with E-state index in [1.165, 1.54) is 11.3 Å². The first-order chi connectivity index (χ1) is 15.6. The second-order valence-electron chi connectivity index (χ2n) is 7.55. The smallest absolute Gasteiger partial charge is 0.274 e. The fourth-order valence-corrected chi connectivity index (χ4v) is 4.52. The Balaban J connectivity index is 1.20. The Morgan fingerprint density at radius 3 is 2.62 bits per heavy atom. The van der Waals surface area contributed by atoms with Crippen LogP contribution in [0.5, 0.6) is 5.75 Å². The topological polar surface area (TPSA) is 85.0 Å². The normalized spacial score (nSPS) is 14.7. The minimum Gasteiger partial charge on any atom is -0.497 e. The third-order valence-electron chi connectivity index (χ3n) is 5.55. The van der Waals surface area contributed by atoms with E-state index in [0.717, 1.165) is 30.2 Å². The first kappa shape index (κ1) is 20.4. The summed E-state index contributed by atoms with van der Waals surface area (Å²) in [6.07, 6.45) is 3.52. The summed E-state index contributed by atoms with van der Waals surface area (Å²) in [5.41, 5.74) is 1.98. The van der Waals surface area contributed by atoms with Crippen molar-refractivity contribution in [2.24, 2.45) is 0 Å². The van der Waals surface area contributed by atoms with Crippen LogP contribution in [0.1, 0.15) is 16.2 Å². The van der Waals surface area contributed by atoms with Crippen LogP contribution in [0.3, 0.4) is 0 Å². The number of carbonyl (C=O) groups is 1. The number of hydrogen-bond acceptors (Lipinski definition) is 7. The van der Waals surface area contributed by atoms with E-state index < -0.39 is 0 Å². The summed E-state index contributed by atoms with van der Waals surface area (Å²) in [6.45, 7) is 3.24. The van der Waals surface area contributed by atoms with Crippen molar-refractivity contribution in [3.05, 3.63) is 75.9 Å². The van der Waals surface area contributed by atoms with Crippen LogP contribution < -0.4 is 10.3 Å². The van der Waals surface area contributed by atoms with Crippen LogP contribution in [0.15, 0.2) is 59.0 Å². The maximum absolute atomic E-state index is 12.9. The van der Waals surface area contributed by atoms with E-state index in [2.05, 4.69) is 15.0 Å². The Hall–Kier alpha value is -3.50. The van der Waals surface area contributed by atoms with Gasteiger partial charge in [-0.1, -0.05) is 0 Å². The molecule has 164 valence electrons. The summed E-state index contributed by atoms with van der Waals surface area (Å²) >= 11 is 1.45. The molecule has 0 radical (unpaired) electrons. The summed E-state index contributed by atoms with van der Waals surface area (Å²) in [5, 5.41) is 6.31. The van der Waals surface area contributed by atoms with Crippen LogP contribution in [0.25, 0.3) is 10.6 Å². The predicted molar refractivity (Wildman–Crippen MR) is 121 cm³/mol. The fraction of sp³-hybridized carbons (Fsp3) is 0.273. The maximum atomic E-state index is 12.9. The molecule has 10 heteroatoms. The molecule has 4 heterocycles. The summed E-state index contributed by atoms with van der Waals surface area (Å²) in [5.74, 6) is 0.694. The Morgan fingerprint density at radius 1 is 1.09 bits per heavy atom. The van der Waals surface area contributed by atoms with Gasteiger partial charge in [-0.25, -0.2) is 9.67 Å². The van der Waals surface area contributed by atoms with Gasteiger partial charge in [0.05, 0.1) is 18.5 Å². The van der Waals surface area contributed by atoms with Crippen molar-refractivity contribution in [3.63, 3.8) is 0 Å². The van der Waals surface area contributed by atoms with Crippen molar-refractivity contribution in [1.29, 1.82) is 0 Å². The highest BCUT2D eigenvalue weighted by Crippen LogP contribution is 2.16. The number of amides is 1. The second-order valence-corrected chi connectivity index (χ2v) is 8.43. The number of aromatic nitrogens is 4. The van der Waals surface area contributed by atoms with Crippen molar-refractivity contribution in [3.8, 4) is 11.4 Å². The SMILES string of the molecule is COc1ccc(-n2ccc(C(=O)N3CCN(Cc4cc(=O)n5ccsc5n4)CC3)n2)cc1. The number of carbonyl (C=O) groups excluding carboxylic acids is 1. The lowest BCUT2D eigenvalue weighted by molar-refractivity contribution is 0.0621. The standard InChI is InChI=1S/C22H22N6O3S/c1-31-18-4-2-17(3-5-18)28-7-6-19(24-28)21(30)26-10-8-25(9-11-26)15-16-14-20(29)27-12-13-32-22(27)23-16/h2-7,12-14H,8-11,15H2,1H3. The average molecular weight is 451 g/mol. The van der Waals surface area contributed by atoms with Gasteiger partial charge in [-0.15, -0.1) is 11.3 Å². The molecule has 1 amide bonds. The minimum absolute atomic E-state index is 0.0625. The van der Waals surface area contributed by atoms with E-state index in [-0.39, 0.29) is 11.5 Å². The zero-order valence-electron chi connectivity index (χ0n) is 17.5. The molecular formula is C22H22N6O3S. The summed E-state index contributed by atoms with van der Waals surface area (Å²) in [7, 11) is 1.62. The van der Waals surface area contributed by atoms with Gasteiger partial charge in [0.25, 0.3) is 11.5 Å². The van der Waals surface area contributed by atoms with Gasteiger partial charge >= 0.3 is 0 Å². The van der Waals surface area contributed by atoms with E-state index in [0.29, 0.717) is 30.3 Å². The minimum atomic E-state index is -0.0757. The first-order valence-corrected chi connectivity index (χ1v) is 11.2. The average Bonchev–Trinajstić information content (AvgIpc) is 3.49. The summed E-state index contributed by atoms with van der Waals surface area (Å²) < 4.78 is 8.42. The lowest BCUT2D eigenvalue weighted by atomic mass is 10.2. The third kappa shape index (κ3) is 4.02. The number of benzene rings is 1. The van der Waals surface area contributed by atoms with E-state index in [1.54, 1.807) is 40.7 Å². The predicted octanol–water partition coefficient (Wildman–Crippen LogP) is 1.91. The quantitative estimate of drug-likeness (QED) is 0.462. The van der Waals surface area contributed by atoms with Gasteiger partial charge < -0.3 is 9.64 Å². The molecule has 0 saturated carbocycles. The van der Waals surface area contributed by atoms with Gasteiger partial charge in [0, 0.05) is 56.6 Å². The number of nitrogens with zero attached hydrogens (tertiary/aromatic N) is 6. The summed E-state index contributed by atoms with van der Waals surface area (Å²) in [4.78, 5) is 34.4. The monoisotopic (exact) mass is 450 g/mol. The molecule has 32 heavy (non-hydrogen) atoms. The molecule has 9 nitrogen and oxygen atoms in total. The van der Waals surface area contributed by atoms with Crippen LogP contribution >= 0.6 is 11.3 Å². The highest BCUT2D eigenvalue weighted by Gasteiger charge is 2.24. The van der Waals surface area contributed by atoms with Crippen LogP contribution in [-0.4, -0.2) is 68.2 Å². The van der Waals surface area contributed by atoms with E-state index >= 15 is 0 Å². The lowest BCUT2D eigenvalue weighted by Gasteiger charge is -2.34. The van der Waals surface area contributed by atoms with Crippen molar-refractivity contribution < 1.29 is 9.53 Å². The van der Waals surface area contributed by atoms with E-state index in [9.17, 15) is 9.59 Å². The molecule has 1 saturated heterocycles. The largest absolute Gasteiger partial charge is 0.497 e. The zero-order valence-corrected chi connectivity index (χ0v) is 18.4. The molecule has 0 atom stereocenters. The third-order valence-corrected chi connectivity index (χ3v) is 6.30. The molecule has 4 aromatic rings. The molecule has 0 unspecified atom stereocenters. The highest BCUT2D eigenvalue weighted by molar-refractivity contribution is 7.15. The maximum Gasteiger partial charge on any atom is 0.274 e. The van der Waals surface area contributed by atoms with Crippen LogP contribution in [0, 0.1) is 0 Å². The zero-order chi connectivity index (χ0) is 22.1. The molecule has 0 aliphatic carbocycles. The number of fused-ring (bicyclic) bond motifs is 1. The molecule has 5 rings (SSSR count). The Bertz CT molecular complexity index is 1300. The van der Waals surface area contributed by atoms with E-state index in [4.69, 9.17) is 4.74 Å². The number of ether oxygens (including phenoxy) is 1. The second kappa shape index (κ2) is 8.56. The first-order valence-electron chi connectivity index (χ1n) is 10.3.